The molecule has 7 heteroatoms. The molecule has 1 unspecified atom stereocenters. The molecule has 0 aromatic heterocycles. The van der Waals surface area contributed by atoms with E-state index in [1.54, 1.807) is 0 Å². The number of likely N-dealkylation sites (tertiary alicyclic amines) is 1. The van der Waals surface area contributed by atoms with Crippen LogP contribution in [0.2, 0.25) is 0 Å². The second-order valence-electron chi connectivity index (χ2n) is 6.07. The third kappa shape index (κ3) is 6.03. The first-order valence-corrected chi connectivity index (χ1v) is 8.14. The molecule has 1 heterocycles. The minimum atomic E-state index is -4.36. The van der Waals surface area contributed by atoms with Crippen LogP contribution >= 0.6 is 0 Å². The molecule has 1 aromatic carbocycles. The molecule has 1 fully saturated rings. The molecule has 0 radical (unpaired) electrons. The van der Waals surface area contributed by atoms with Crippen LogP contribution in [0.5, 0.6) is 5.75 Å². The van der Waals surface area contributed by atoms with Crippen LogP contribution in [0.4, 0.5) is 13.2 Å². The van der Waals surface area contributed by atoms with Gasteiger partial charge in [-0.25, -0.2) is 0 Å². The second-order valence-corrected chi connectivity index (χ2v) is 6.07. The second kappa shape index (κ2) is 8.37. The van der Waals surface area contributed by atoms with Gasteiger partial charge in [-0.2, -0.15) is 13.2 Å². The molecule has 0 bridgehead atoms. The molecule has 1 aromatic rings. The zero-order valence-corrected chi connectivity index (χ0v) is 13.7. The molecule has 0 saturated carbocycles. The third-order valence-electron chi connectivity index (χ3n) is 3.96. The van der Waals surface area contributed by atoms with E-state index in [9.17, 15) is 18.0 Å². The largest absolute Gasteiger partial charge is 0.494 e. The molecular weight excluding hydrogens is 321 g/mol. The fraction of sp³-hybridized carbons (Fsp3) is 0.588. The number of piperidine rings is 1. The van der Waals surface area contributed by atoms with Crippen molar-refractivity contribution in [3.05, 3.63) is 29.8 Å². The van der Waals surface area contributed by atoms with Gasteiger partial charge in [-0.15, -0.1) is 0 Å². The van der Waals surface area contributed by atoms with E-state index in [2.05, 4.69) is 10.2 Å². The lowest BCUT2D eigenvalue weighted by molar-refractivity contribution is -0.137. The molecule has 1 amide bonds. The number of ether oxygens (including phenoxy) is 1. The van der Waals surface area contributed by atoms with Gasteiger partial charge in [0.15, 0.2) is 0 Å². The highest BCUT2D eigenvalue weighted by Crippen LogP contribution is 2.31. The minimum Gasteiger partial charge on any atom is -0.494 e. The zero-order chi connectivity index (χ0) is 17.6. The molecule has 1 saturated heterocycles. The number of alkyl halides is 3. The summed E-state index contributed by atoms with van der Waals surface area (Å²) in [4.78, 5) is 13.4. The van der Waals surface area contributed by atoms with Crippen molar-refractivity contribution < 1.29 is 22.7 Å². The molecule has 0 spiro atoms. The van der Waals surface area contributed by atoms with Crippen LogP contribution in [0.25, 0.3) is 0 Å². The SMILES string of the molecule is CC(=O)NC1CCCN(CCCOc2cccc(C(F)(F)F)c2)C1. The highest BCUT2D eigenvalue weighted by molar-refractivity contribution is 5.73. The van der Waals surface area contributed by atoms with Crippen molar-refractivity contribution in [2.24, 2.45) is 0 Å². The van der Waals surface area contributed by atoms with Crippen LogP contribution in [0.3, 0.4) is 0 Å². The van der Waals surface area contributed by atoms with Gasteiger partial charge in [0.2, 0.25) is 5.91 Å². The van der Waals surface area contributed by atoms with Crippen molar-refractivity contribution in [1.29, 1.82) is 0 Å². The first-order chi connectivity index (χ1) is 11.3. The number of hydrogen-bond donors (Lipinski definition) is 1. The van der Waals surface area contributed by atoms with Crippen LogP contribution < -0.4 is 10.1 Å². The number of nitrogens with zero attached hydrogens (tertiary/aromatic N) is 1. The number of carbonyl (C=O) groups excluding carboxylic acids is 1. The van der Waals surface area contributed by atoms with E-state index in [-0.39, 0.29) is 17.7 Å². The number of hydrogen-bond acceptors (Lipinski definition) is 3. The Balaban J connectivity index is 1.72. The Morgan fingerprint density at radius 3 is 2.92 bits per heavy atom. The van der Waals surface area contributed by atoms with Crippen molar-refractivity contribution in [3.63, 3.8) is 0 Å². The smallest absolute Gasteiger partial charge is 0.416 e. The van der Waals surface area contributed by atoms with Crippen LogP contribution in [0, 0.1) is 0 Å². The Morgan fingerprint density at radius 2 is 2.21 bits per heavy atom. The lowest BCUT2D eigenvalue weighted by Crippen LogP contribution is -2.47. The molecule has 134 valence electrons. The summed E-state index contributed by atoms with van der Waals surface area (Å²) in [6, 6.07) is 5.11. The standard InChI is InChI=1S/C17H23F3N2O2/c1-13(23)21-15-6-3-8-22(12-15)9-4-10-24-16-7-2-5-14(11-16)17(18,19)20/h2,5,7,11,15H,3-4,6,8-10,12H2,1H3,(H,21,23). The predicted molar refractivity (Wildman–Crippen MR) is 84.8 cm³/mol. The summed E-state index contributed by atoms with van der Waals surface area (Å²) in [5, 5.41) is 2.93. The van der Waals surface area contributed by atoms with E-state index in [0.717, 1.165) is 51.0 Å². The molecule has 4 nitrogen and oxygen atoms in total. The third-order valence-corrected chi connectivity index (χ3v) is 3.96. The quantitative estimate of drug-likeness (QED) is 0.807. The number of halogens is 3. The molecule has 24 heavy (non-hydrogen) atoms. The highest BCUT2D eigenvalue weighted by atomic mass is 19.4. The summed E-state index contributed by atoms with van der Waals surface area (Å²) < 4.78 is 43.3. The van der Waals surface area contributed by atoms with Gasteiger partial charge in [-0.3, -0.25) is 4.79 Å². The van der Waals surface area contributed by atoms with E-state index >= 15 is 0 Å². The van der Waals surface area contributed by atoms with Crippen LogP contribution in [-0.2, 0) is 11.0 Å². The maximum Gasteiger partial charge on any atom is 0.416 e. The van der Waals surface area contributed by atoms with E-state index in [0.29, 0.717) is 6.61 Å². The summed E-state index contributed by atoms with van der Waals surface area (Å²) in [5.74, 6) is 0.217. The van der Waals surface area contributed by atoms with Crippen LogP contribution in [0.15, 0.2) is 24.3 Å². The number of benzene rings is 1. The van der Waals surface area contributed by atoms with Crippen molar-refractivity contribution in [3.8, 4) is 5.75 Å². The van der Waals surface area contributed by atoms with Gasteiger partial charge in [0, 0.05) is 26.1 Å². The van der Waals surface area contributed by atoms with Gasteiger partial charge in [-0.05, 0) is 44.0 Å². The van der Waals surface area contributed by atoms with E-state index in [4.69, 9.17) is 4.74 Å². The summed E-state index contributed by atoms with van der Waals surface area (Å²) in [6.45, 7) is 4.46. The maximum absolute atomic E-state index is 12.6. The van der Waals surface area contributed by atoms with Gasteiger partial charge < -0.3 is 15.0 Å². The van der Waals surface area contributed by atoms with E-state index in [1.165, 1.54) is 19.1 Å². The first kappa shape index (κ1) is 18.6. The number of amides is 1. The number of rotatable bonds is 6. The molecular formula is C17H23F3N2O2. The Hall–Kier alpha value is -1.76. The average molecular weight is 344 g/mol. The topological polar surface area (TPSA) is 41.6 Å². The average Bonchev–Trinajstić information content (AvgIpc) is 2.51. The van der Waals surface area contributed by atoms with Crippen molar-refractivity contribution in [2.45, 2.75) is 38.4 Å². The van der Waals surface area contributed by atoms with Gasteiger partial charge in [0.25, 0.3) is 0 Å². The number of nitrogens with one attached hydrogen (secondary N) is 1. The summed E-state index contributed by atoms with van der Waals surface area (Å²) in [7, 11) is 0. The lowest BCUT2D eigenvalue weighted by atomic mass is 10.1. The molecule has 0 aliphatic carbocycles. The molecule has 1 atom stereocenters. The van der Waals surface area contributed by atoms with Crippen LogP contribution in [0.1, 0.15) is 31.7 Å². The summed E-state index contributed by atoms with van der Waals surface area (Å²) in [6.07, 6.45) is -1.62. The van der Waals surface area contributed by atoms with Crippen LogP contribution in [-0.4, -0.2) is 43.1 Å². The molecule has 1 N–H and O–H groups in total. The molecule has 2 rings (SSSR count). The van der Waals surface area contributed by atoms with E-state index < -0.39 is 11.7 Å². The zero-order valence-electron chi connectivity index (χ0n) is 13.7. The number of carbonyl (C=O) groups is 1. The van der Waals surface area contributed by atoms with Crippen molar-refractivity contribution >= 4 is 5.91 Å². The molecule has 1 aliphatic rings. The first-order valence-electron chi connectivity index (χ1n) is 8.14. The lowest BCUT2D eigenvalue weighted by Gasteiger charge is -2.32. The molecule has 1 aliphatic heterocycles. The maximum atomic E-state index is 12.6. The van der Waals surface area contributed by atoms with E-state index in [1.807, 2.05) is 0 Å². The summed E-state index contributed by atoms with van der Waals surface area (Å²) >= 11 is 0. The summed E-state index contributed by atoms with van der Waals surface area (Å²) in [5.41, 5.74) is -0.700. The van der Waals surface area contributed by atoms with Gasteiger partial charge in [-0.1, -0.05) is 6.07 Å². The van der Waals surface area contributed by atoms with Gasteiger partial charge >= 0.3 is 6.18 Å². The Bertz CT molecular complexity index is 549. The minimum absolute atomic E-state index is 0.0188. The Morgan fingerprint density at radius 1 is 1.42 bits per heavy atom. The highest BCUT2D eigenvalue weighted by Gasteiger charge is 2.30. The fourth-order valence-electron chi connectivity index (χ4n) is 2.90. The fourth-order valence-corrected chi connectivity index (χ4v) is 2.90. The van der Waals surface area contributed by atoms with Gasteiger partial charge in [0.1, 0.15) is 5.75 Å². The normalized spacial score (nSPS) is 19.1. The monoisotopic (exact) mass is 344 g/mol. The van der Waals surface area contributed by atoms with Crippen molar-refractivity contribution in [2.75, 3.05) is 26.2 Å². The predicted octanol–water partition coefficient (Wildman–Crippen LogP) is 3.07. The Labute approximate surface area is 140 Å². The Kier molecular flexibility index (Phi) is 6.48. The van der Waals surface area contributed by atoms with Crippen molar-refractivity contribution in [1.82, 2.24) is 10.2 Å². The van der Waals surface area contributed by atoms with Gasteiger partial charge in [0.05, 0.1) is 12.2 Å².